The summed E-state index contributed by atoms with van der Waals surface area (Å²) in [5.41, 5.74) is 0.611. The molecule has 4 nitrogen and oxygen atoms in total. The summed E-state index contributed by atoms with van der Waals surface area (Å²) in [6.07, 6.45) is 1.39. The van der Waals surface area contributed by atoms with E-state index in [0.717, 1.165) is 0 Å². The number of carbonyl (C=O) groups is 2. The average molecular weight is 279 g/mol. The molecule has 0 bridgehead atoms. The summed E-state index contributed by atoms with van der Waals surface area (Å²) in [5.74, 6) is -1.89. The molecule has 5 heteroatoms. The molecule has 1 aromatic carbocycles. The van der Waals surface area contributed by atoms with E-state index in [1.54, 1.807) is 24.0 Å². The van der Waals surface area contributed by atoms with Crippen LogP contribution in [0.25, 0.3) is 0 Å². The van der Waals surface area contributed by atoms with E-state index in [1.807, 2.05) is 0 Å². The zero-order valence-electron chi connectivity index (χ0n) is 11.4. The van der Waals surface area contributed by atoms with E-state index in [2.05, 4.69) is 0 Å². The number of likely N-dealkylation sites (tertiary alicyclic amines) is 1. The number of hydrogen-bond acceptors (Lipinski definition) is 2. The van der Waals surface area contributed by atoms with Crippen molar-refractivity contribution in [2.45, 2.75) is 32.2 Å². The molecule has 0 spiro atoms. The summed E-state index contributed by atoms with van der Waals surface area (Å²) in [7, 11) is 0. The molecular formula is C15H18FNO3. The number of benzene rings is 1. The van der Waals surface area contributed by atoms with Crippen molar-refractivity contribution in [3.05, 3.63) is 35.6 Å². The summed E-state index contributed by atoms with van der Waals surface area (Å²) >= 11 is 0. The lowest BCUT2D eigenvalue weighted by atomic mass is 9.90. The zero-order valence-corrected chi connectivity index (χ0v) is 11.4. The predicted octanol–water partition coefficient (Wildman–Crippen LogP) is 2.08. The van der Waals surface area contributed by atoms with Gasteiger partial charge in [0.05, 0.1) is 12.3 Å². The molecule has 1 aromatic rings. The van der Waals surface area contributed by atoms with Crippen molar-refractivity contribution in [1.82, 2.24) is 4.90 Å². The number of carboxylic acids is 1. The molecule has 1 amide bonds. The van der Waals surface area contributed by atoms with Crippen molar-refractivity contribution in [3.63, 3.8) is 0 Å². The lowest BCUT2D eigenvalue weighted by Crippen LogP contribution is -2.49. The predicted molar refractivity (Wildman–Crippen MR) is 71.6 cm³/mol. The Hall–Kier alpha value is -1.91. The Morgan fingerprint density at radius 3 is 2.85 bits per heavy atom. The van der Waals surface area contributed by atoms with Crippen LogP contribution in [0.5, 0.6) is 0 Å². The second-order valence-electron chi connectivity index (χ2n) is 5.22. The molecular weight excluding hydrogens is 261 g/mol. The summed E-state index contributed by atoms with van der Waals surface area (Å²) in [4.78, 5) is 25.0. The van der Waals surface area contributed by atoms with Crippen LogP contribution in [0.3, 0.4) is 0 Å². The molecule has 1 aliphatic heterocycles. The number of amides is 1. The van der Waals surface area contributed by atoms with Gasteiger partial charge in [0.1, 0.15) is 5.82 Å². The molecule has 1 N–H and O–H groups in total. The number of nitrogens with zero attached hydrogens (tertiary/aromatic N) is 1. The molecule has 0 aliphatic carbocycles. The van der Waals surface area contributed by atoms with Gasteiger partial charge in [-0.3, -0.25) is 9.59 Å². The van der Waals surface area contributed by atoms with E-state index in [0.29, 0.717) is 24.9 Å². The van der Waals surface area contributed by atoms with Crippen LogP contribution in [-0.4, -0.2) is 34.5 Å². The fraction of sp³-hybridized carbons (Fsp3) is 0.467. The van der Waals surface area contributed by atoms with Gasteiger partial charge >= 0.3 is 5.97 Å². The van der Waals surface area contributed by atoms with Crippen LogP contribution in [0, 0.1) is 11.7 Å². The Kier molecular flexibility index (Phi) is 4.37. The van der Waals surface area contributed by atoms with Gasteiger partial charge in [0.2, 0.25) is 5.91 Å². The van der Waals surface area contributed by atoms with E-state index in [1.165, 1.54) is 12.1 Å². The van der Waals surface area contributed by atoms with Gasteiger partial charge < -0.3 is 10.0 Å². The number of aliphatic carboxylic acids is 1. The Morgan fingerprint density at radius 1 is 1.45 bits per heavy atom. The topological polar surface area (TPSA) is 57.6 Å². The average Bonchev–Trinajstić information content (AvgIpc) is 2.38. The first-order valence-corrected chi connectivity index (χ1v) is 6.75. The van der Waals surface area contributed by atoms with Crippen LogP contribution in [-0.2, 0) is 16.0 Å². The fourth-order valence-corrected chi connectivity index (χ4v) is 2.75. The number of halogens is 1. The second kappa shape index (κ2) is 6.03. The van der Waals surface area contributed by atoms with Gasteiger partial charge in [0.25, 0.3) is 0 Å². The first kappa shape index (κ1) is 14.5. The first-order chi connectivity index (χ1) is 9.49. The molecule has 108 valence electrons. The normalized spacial score (nSPS) is 22.6. The van der Waals surface area contributed by atoms with E-state index in [-0.39, 0.29) is 24.2 Å². The molecule has 1 fully saturated rings. The van der Waals surface area contributed by atoms with Crippen molar-refractivity contribution in [1.29, 1.82) is 0 Å². The van der Waals surface area contributed by atoms with Gasteiger partial charge in [-0.15, -0.1) is 0 Å². The first-order valence-electron chi connectivity index (χ1n) is 6.75. The third kappa shape index (κ3) is 3.15. The highest BCUT2D eigenvalue weighted by atomic mass is 19.1. The van der Waals surface area contributed by atoms with E-state index in [9.17, 15) is 14.0 Å². The van der Waals surface area contributed by atoms with Crippen LogP contribution < -0.4 is 0 Å². The lowest BCUT2D eigenvalue weighted by molar-refractivity contribution is -0.148. The third-order valence-corrected chi connectivity index (χ3v) is 3.87. The summed E-state index contributed by atoms with van der Waals surface area (Å²) < 4.78 is 13.1. The highest BCUT2D eigenvalue weighted by molar-refractivity contribution is 5.80. The van der Waals surface area contributed by atoms with Crippen molar-refractivity contribution in [2.75, 3.05) is 6.54 Å². The largest absolute Gasteiger partial charge is 0.481 e. The van der Waals surface area contributed by atoms with Gasteiger partial charge in [-0.25, -0.2) is 4.39 Å². The maximum Gasteiger partial charge on any atom is 0.308 e. The van der Waals surface area contributed by atoms with Crippen molar-refractivity contribution in [2.24, 2.45) is 5.92 Å². The molecule has 2 atom stereocenters. The molecule has 20 heavy (non-hydrogen) atoms. The van der Waals surface area contributed by atoms with Crippen molar-refractivity contribution >= 4 is 11.9 Å². The second-order valence-corrected chi connectivity index (χ2v) is 5.22. The third-order valence-electron chi connectivity index (χ3n) is 3.87. The molecule has 0 radical (unpaired) electrons. The van der Waals surface area contributed by atoms with Crippen LogP contribution >= 0.6 is 0 Å². The minimum absolute atomic E-state index is 0.106. The number of carboxylic acid groups (broad SMARTS) is 1. The number of piperidine rings is 1. The molecule has 1 saturated heterocycles. The highest BCUT2D eigenvalue weighted by Crippen LogP contribution is 2.24. The SMILES string of the molecule is C[C@@H]1[C@H](C(=O)O)CCCN1C(=O)Cc1cccc(F)c1. The Morgan fingerprint density at radius 2 is 2.20 bits per heavy atom. The summed E-state index contributed by atoms with van der Waals surface area (Å²) in [6.45, 7) is 2.33. The zero-order chi connectivity index (χ0) is 14.7. The number of hydrogen-bond donors (Lipinski definition) is 1. The smallest absolute Gasteiger partial charge is 0.308 e. The standard InChI is InChI=1S/C15H18FNO3/c1-10-13(15(19)20)6-3-7-17(10)14(18)9-11-4-2-5-12(16)8-11/h2,4-5,8,10,13H,3,6-7,9H2,1H3,(H,19,20)/t10-,13-/m1/s1. The van der Waals surface area contributed by atoms with Crippen LogP contribution in [0.4, 0.5) is 4.39 Å². The van der Waals surface area contributed by atoms with Crippen LogP contribution in [0.2, 0.25) is 0 Å². The van der Waals surface area contributed by atoms with Gasteiger partial charge in [-0.1, -0.05) is 12.1 Å². The summed E-state index contributed by atoms with van der Waals surface area (Å²) in [6, 6.07) is 5.61. The fourth-order valence-electron chi connectivity index (χ4n) is 2.75. The van der Waals surface area contributed by atoms with E-state index < -0.39 is 11.9 Å². The van der Waals surface area contributed by atoms with E-state index in [4.69, 9.17) is 5.11 Å². The highest BCUT2D eigenvalue weighted by Gasteiger charge is 2.35. The maximum atomic E-state index is 13.1. The molecule has 1 aliphatic rings. The van der Waals surface area contributed by atoms with E-state index >= 15 is 0 Å². The maximum absolute atomic E-state index is 13.1. The van der Waals surface area contributed by atoms with Crippen LogP contribution in [0.15, 0.2) is 24.3 Å². The Bertz CT molecular complexity index is 518. The molecule has 0 aromatic heterocycles. The number of rotatable bonds is 3. The Balaban J connectivity index is 2.06. The van der Waals surface area contributed by atoms with Crippen molar-refractivity contribution < 1.29 is 19.1 Å². The van der Waals surface area contributed by atoms with Crippen LogP contribution in [0.1, 0.15) is 25.3 Å². The van der Waals surface area contributed by atoms with Gasteiger partial charge in [-0.05, 0) is 37.5 Å². The quantitative estimate of drug-likeness (QED) is 0.921. The summed E-state index contributed by atoms with van der Waals surface area (Å²) in [5, 5.41) is 9.15. The Labute approximate surface area is 117 Å². The molecule has 1 heterocycles. The molecule has 0 saturated carbocycles. The molecule has 2 rings (SSSR count). The van der Waals surface area contributed by atoms with Gasteiger partial charge in [0.15, 0.2) is 0 Å². The monoisotopic (exact) mass is 279 g/mol. The minimum Gasteiger partial charge on any atom is -0.481 e. The van der Waals surface area contributed by atoms with Gasteiger partial charge in [0, 0.05) is 12.6 Å². The van der Waals surface area contributed by atoms with Crippen molar-refractivity contribution in [3.8, 4) is 0 Å². The number of carbonyl (C=O) groups excluding carboxylic acids is 1. The minimum atomic E-state index is -0.860. The lowest BCUT2D eigenvalue weighted by Gasteiger charge is -2.37. The molecule has 0 unspecified atom stereocenters. The van der Waals surface area contributed by atoms with Gasteiger partial charge in [-0.2, -0.15) is 0 Å².